The lowest BCUT2D eigenvalue weighted by atomic mass is 10.0. The molecule has 0 aromatic heterocycles. The Hall–Kier alpha value is -0.600. The number of thiol groups is 1. The molecule has 2 aliphatic rings. The van der Waals surface area contributed by atoms with Crippen LogP contribution in [0.2, 0.25) is 0 Å². The molecule has 0 spiro atoms. The highest BCUT2D eigenvalue weighted by Crippen LogP contribution is 2.21. The number of hydrogen-bond acceptors (Lipinski definition) is 6. The molecule has 2 rings (SSSR count). The minimum absolute atomic E-state index is 0.00491. The van der Waals surface area contributed by atoms with Gasteiger partial charge in [0.1, 0.15) is 5.60 Å². The Labute approximate surface area is 206 Å². The Morgan fingerprint density at radius 2 is 1.69 bits per heavy atom. The maximum absolute atomic E-state index is 11.7. The summed E-state index contributed by atoms with van der Waals surface area (Å²) in [6.07, 6.45) is 5.23. The van der Waals surface area contributed by atoms with Gasteiger partial charge in [-0.25, -0.2) is 4.79 Å². The van der Waals surface area contributed by atoms with Gasteiger partial charge in [0.05, 0.1) is 24.1 Å². The van der Waals surface area contributed by atoms with Crippen molar-refractivity contribution in [3.63, 3.8) is 0 Å². The number of carbonyl (C=O) groups excluding carboxylic acids is 2. The quantitative estimate of drug-likeness (QED) is 0.173. The molecule has 0 aliphatic carbocycles. The third-order valence-corrected chi connectivity index (χ3v) is 6.16. The largest absolute Gasteiger partial charge is 0.460 e. The van der Waals surface area contributed by atoms with E-state index in [0.29, 0.717) is 31.0 Å². The summed E-state index contributed by atoms with van der Waals surface area (Å²) in [7, 11) is 0. The molecule has 0 radical (unpaired) electrons. The number of carbonyl (C=O) groups is 2. The van der Waals surface area contributed by atoms with E-state index in [1.807, 2.05) is 46.4 Å². The van der Waals surface area contributed by atoms with Gasteiger partial charge in [-0.05, 0) is 59.1 Å². The highest BCUT2D eigenvalue weighted by Gasteiger charge is 2.35. The topological polar surface area (TPSA) is 76.7 Å². The number of fused-ring (bicyclic) bond motifs is 1. The maximum atomic E-state index is 11.7. The van der Waals surface area contributed by atoms with Crippen LogP contribution in [-0.2, 0) is 14.3 Å². The highest BCUT2D eigenvalue weighted by molar-refractivity contribution is 7.99. The molecule has 190 valence electrons. The van der Waals surface area contributed by atoms with Crippen molar-refractivity contribution >= 4 is 36.4 Å². The summed E-state index contributed by atoms with van der Waals surface area (Å²) in [6, 6.07) is 0.815. The van der Waals surface area contributed by atoms with Gasteiger partial charge in [0.25, 0.3) is 0 Å². The molecule has 2 atom stereocenters. The van der Waals surface area contributed by atoms with E-state index in [1.165, 1.54) is 19.3 Å². The number of thioether (sulfide) groups is 1. The van der Waals surface area contributed by atoms with Crippen LogP contribution in [-0.4, -0.2) is 59.2 Å². The van der Waals surface area contributed by atoms with E-state index >= 15 is 0 Å². The van der Waals surface area contributed by atoms with Crippen molar-refractivity contribution in [2.75, 3.05) is 23.9 Å². The molecule has 2 saturated heterocycles. The van der Waals surface area contributed by atoms with Gasteiger partial charge in [-0.1, -0.05) is 33.6 Å². The number of ether oxygens (including phenoxy) is 2. The zero-order valence-corrected chi connectivity index (χ0v) is 23.3. The zero-order chi connectivity index (χ0) is 24.8. The molecule has 0 aromatic rings. The van der Waals surface area contributed by atoms with Crippen LogP contribution in [0.25, 0.3) is 0 Å². The minimum Gasteiger partial charge on any atom is -0.460 e. The van der Waals surface area contributed by atoms with E-state index in [-0.39, 0.29) is 12.0 Å². The summed E-state index contributed by atoms with van der Waals surface area (Å²) in [5, 5.41) is 5.69. The average Bonchev–Trinajstić information content (AvgIpc) is 3.18. The number of nitrogens with one attached hydrogen (secondary N) is 2. The molecule has 0 saturated carbocycles. The van der Waals surface area contributed by atoms with Crippen molar-refractivity contribution in [2.45, 2.75) is 111 Å². The average molecular weight is 493 g/mol. The molecular weight excluding hydrogens is 444 g/mol. The highest BCUT2D eigenvalue weighted by atomic mass is 32.2. The smallest absolute Gasteiger partial charge is 0.315 e. The first-order valence-corrected chi connectivity index (χ1v) is 13.7. The Kier molecular flexibility index (Phi) is 15.8. The minimum atomic E-state index is -0.447. The lowest BCUT2D eigenvalue weighted by molar-refractivity contribution is -0.161. The van der Waals surface area contributed by atoms with E-state index in [4.69, 9.17) is 9.47 Å². The van der Waals surface area contributed by atoms with Crippen LogP contribution in [0.4, 0.5) is 4.79 Å². The monoisotopic (exact) mass is 492 g/mol. The third-order valence-electron chi connectivity index (χ3n) is 4.65. The predicted molar refractivity (Wildman–Crippen MR) is 140 cm³/mol. The van der Waals surface area contributed by atoms with Crippen molar-refractivity contribution in [1.82, 2.24) is 10.6 Å². The second kappa shape index (κ2) is 16.1. The molecule has 32 heavy (non-hydrogen) atoms. The summed E-state index contributed by atoms with van der Waals surface area (Å²) in [5.41, 5.74) is -0.873. The second-order valence-electron chi connectivity index (χ2n) is 10.4. The molecule has 6 nitrogen and oxygen atoms in total. The number of hydrogen-bond donors (Lipinski definition) is 3. The van der Waals surface area contributed by atoms with Gasteiger partial charge in [0.15, 0.2) is 0 Å². The van der Waals surface area contributed by atoms with Crippen LogP contribution in [0, 0.1) is 5.92 Å². The molecule has 0 aromatic carbocycles. The first kappa shape index (κ1) is 31.4. The molecule has 2 fully saturated rings. The molecule has 2 unspecified atom stereocenters. The summed E-state index contributed by atoms with van der Waals surface area (Å²) < 4.78 is 11.0. The second-order valence-corrected chi connectivity index (χ2v) is 11.9. The Morgan fingerprint density at radius 3 is 2.09 bits per heavy atom. The van der Waals surface area contributed by atoms with Crippen LogP contribution >= 0.6 is 24.4 Å². The van der Waals surface area contributed by atoms with Crippen LogP contribution in [0.3, 0.4) is 0 Å². The van der Waals surface area contributed by atoms with Crippen molar-refractivity contribution in [3.05, 3.63) is 0 Å². The van der Waals surface area contributed by atoms with Gasteiger partial charge in [-0.2, -0.15) is 24.4 Å². The SMILES string of the molecule is CC(C)CCOC(C)(C)CC(=O)OC(C)(C)C.CCCCCS.O=C1NC2CSCC2N1. The Balaban J connectivity index is 0.000000525. The first-order chi connectivity index (χ1) is 14.8. The fourth-order valence-electron chi connectivity index (χ4n) is 2.93. The number of rotatable bonds is 9. The van der Waals surface area contributed by atoms with Crippen molar-refractivity contribution in [3.8, 4) is 0 Å². The molecule has 2 aliphatic heterocycles. The molecule has 2 heterocycles. The first-order valence-electron chi connectivity index (χ1n) is 11.9. The maximum Gasteiger partial charge on any atom is 0.315 e. The van der Waals surface area contributed by atoms with Crippen LogP contribution in [0.1, 0.15) is 87.5 Å². The van der Waals surface area contributed by atoms with Gasteiger partial charge < -0.3 is 20.1 Å². The zero-order valence-electron chi connectivity index (χ0n) is 21.6. The third kappa shape index (κ3) is 17.0. The molecular formula is C24H48N2O4S2. The Morgan fingerprint density at radius 1 is 1.12 bits per heavy atom. The van der Waals surface area contributed by atoms with E-state index < -0.39 is 11.2 Å². The van der Waals surface area contributed by atoms with Crippen LogP contribution in [0.5, 0.6) is 0 Å². The van der Waals surface area contributed by atoms with Gasteiger partial charge in [0, 0.05) is 18.1 Å². The van der Waals surface area contributed by atoms with Crippen molar-refractivity contribution in [1.29, 1.82) is 0 Å². The lowest BCUT2D eigenvalue weighted by Crippen LogP contribution is -2.33. The Bertz CT molecular complexity index is 519. The van der Waals surface area contributed by atoms with Crippen LogP contribution < -0.4 is 10.6 Å². The normalized spacial score (nSPS) is 19.8. The fraction of sp³-hybridized carbons (Fsp3) is 0.917. The fourth-order valence-corrected chi connectivity index (χ4v) is 4.43. The van der Waals surface area contributed by atoms with E-state index in [2.05, 4.69) is 44.0 Å². The summed E-state index contributed by atoms with van der Waals surface area (Å²) in [4.78, 5) is 22.3. The number of esters is 1. The molecule has 2 amide bonds. The number of urea groups is 1. The van der Waals surface area contributed by atoms with Gasteiger partial charge in [-0.15, -0.1) is 0 Å². The van der Waals surface area contributed by atoms with Gasteiger partial charge >= 0.3 is 12.0 Å². The van der Waals surface area contributed by atoms with E-state index in [9.17, 15) is 9.59 Å². The van der Waals surface area contributed by atoms with E-state index in [0.717, 1.165) is 23.7 Å². The summed E-state index contributed by atoms with van der Waals surface area (Å²) >= 11 is 5.95. The summed E-state index contributed by atoms with van der Waals surface area (Å²) in [6.45, 7) is 16.7. The lowest BCUT2D eigenvalue weighted by Gasteiger charge is -2.27. The van der Waals surface area contributed by atoms with Crippen LogP contribution in [0.15, 0.2) is 0 Å². The molecule has 8 heteroatoms. The van der Waals surface area contributed by atoms with Crippen molar-refractivity contribution in [2.24, 2.45) is 5.92 Å². The predicted octanol–water partition coefficient (Wildman–Crippen LogP) is 5.45. The molecule has 0 bridgehead atoms. The number of amides is 2. The van der Waals surface area contributed by atoms with Crippen molar-refractivity contribution < 1.29 is 19.1 Å². The standard InChI is InChI=1S/C14H28O3.C5H8N2OS.C5H12S/c1-11(2)8-9-16-14(6,7)10-12(15)17-13(3,4)5;8-5-6-3-1-9-2-4(3)7-5;1-2-3-4-5-6/h11H,8-10H2,1-7H3;3-4H,1-2H2,(H2,6,7,8);6H,2-5H2,1H3. The van der Waals surface area contributed by atoms with E-state index in [1.54, 1.807) is 0 Å². The summed E-state index contributed by atoms with van der Waals surface area (Å²) in [5.74, 6) is 3.61. The number of unbranched alkanes of at least 4 members (excludes halogenated alkanes) is 2. The van der Waals surface area contributed by atoms with Gasteiger partial charge in [0.2, 0.25) is 0 Å². The van der Waals surface area contributed by atoms with Gasteiger partial charge in [-0.3, -0.25) is 4.79 Å². The molecule has 2 N–H and O–H groups in total.